The van der Waals surface area contributed by atoms with Crippen LogP contribution in [0.4, 0.5) is 0 Å². The molecule has 142 valence electrons. The van der Waals surface area contributed by atoms with Crippen LogP contribution in [0.1, 0.15) is 0 Å². The largest absolute Gasteiger partial charge is 0.259 e. The summed E-state index contributed by atoms with van der Waals surface area (Å²) in [5.41, 5.74) is 0. The Bertz CT molecular complexity index is 785. The Hall–Kier alpha value is -1.60. The van der Waals surface area contributed by atoms with Crippen LogP contribution >= 0.6 is 15.8 Å². The Balaban J connectivity index is 0.00000225. The quantitative estimate of drug-likeness (QED) is 0.194. The fraction of sp³-hybridized carbons (Fsp3) is 0. The van der Waals surface area contributed by atoms with Crippen LogP contribution in [0.25, 0.3) is 0 Å². The van der Waals surface area contributed by atoms with E-state index in [0.29, 0.717) is 0 Å². The molecule has 4 aromatic carbocycles. The first-order valence-electron chi connectivity index (χ1n) is 9.05. The van der Waals surface area contributed by atoms with Crippen molar-refractivity contribution in [1.29, 1.82) is 0 Å². The molecular weight excluding hydrogens is 469 g/mol. The SMILES string of the molecule is [Pd].c1ccc(P([CH-]P(c2ccccc2)c2ccccc2)c2ccccc2)cc1. The van der Waals surface area contributed by atoms with Gasteiger partial charge in [-0.3, -0.25) is 5.90 Å². The summed E-state index contributed by atoms with van der Waals surface area (Å²) in [7, 11) is -1.07. The molecule has 4 aromatic rings. The molecule has 0 N–H and O–H groups in total. The molecule has 0 unspecified atom stereocenters. The van der Waals surface area contributed by atoms with Gasteiger partial charge in [0.05, 0.1) is 0 Å². The fourth-order valence-electron chi connectivity index (χ4n) is 3.03. The van der Waals surface area contributed by atoms with Crippen molar-refractivity contribution in [2.24, 2.45) is 0 Å². The van der Waals surface area contributed by atoms with Crippen molar-refractivity contribution in [2.75, 3.05) is 0 Å². The number of hydrogen-bond donors (Lipinski definition) is 0. The van der Waals surface area contributed by atoms with E-state index in [4.69, 9.17) is 0 Å². The van der Waals surface area contributed by atoms with E-state index in [1.54, 1.807) is 0 Å². The number of rotatable bonds is 6. The summed E-state index contributed by atoms with van der Waals surface area (Å²) in [4.78, 5) is 0. The molecule has 0 aliphatic rings. The second-order valence-electron chi connectivity index (χ2n) is 6.20. The van der Waals surface area contributed by atoms with Crippen molar-refractivity contribution in [3.63, 3.8) is 0 Å². The molecular formula is C25H21P2Pd-. The van der Waals surface area contributed by atoms with E-state index in [0.717, 1.165) is 0 Å². The predicted molar refractivity (Wildman–Crippen MR) is 122 cm³/mol. The molecule has 0 heterocycles. The average molecular weight is 490 g/mol. The van der Waals surface area contributed by atoms with Gasteiger partial charge >= 0.3 is 0 Å². The summed E-state index contributed by atoms with van der Waals surface area (Å²) in [6.07, 6.45) is 0. The Morgan fingerprint density at radius 3 is 0.786 bits per heavy atom. The molecule has 0 atom stereocenters. The van der Waals surface area contributed by atoms with Crippen molar-refractivity contribution in [3.05, 3.63) is 127 Å². The molecule has 0 radical (unpaired) electrons. The average Bonchev–Trinajstić information content (AvgIpc) is 2.77. The number of hydrogen-bond acceptors (Lipinski definition) is 0. The van der Waals surface area contributed by atoms with Gasteiger partial charge in [0, 0.05) is 20.4 Å². The van der Waals surface area contributed by atoms with Crippen LogP contribution in [0.5, 0.6) is 0 Å². The monoisotopic (exact) mass is 489 g/mol. The first-order chi connectivity index (χ1) is 13.4. The van der Waals surface area contributed by atoms with Gasteiger partial charge in [0.15, 0.2) is 0 Å². The molecule has 3 heteroatoms. The van der Waals surface area contributed by atoms with Gasteiger partial charge < -0.3 is 0 Å². The van der Waals surface area contributed by atoms with Crippen molar-refractivity contribution in [2.45, 2.75) is 0 Å². The topological polar surface area (TPSA) is 0 Å². The molecule has 0 nitrogen and oxygen atoms in total. The van der Waals surface area contributed by atoms with E-state index in [1.165, 1.54) is 21.2 Å². The molecule has 4 rings (SSSR count). The van der Waals surface area contributed by atoms with Crippen LogP contribution in [0, 0.1) is 5.90 Å². The molecule has 0 fully saturated rings. The van der Waals surface area contributed by atoms with Crippen LogP contribution < -0.4 is 21.2 Å². The standard InChI is InChI=1S/C25H21P2.Pd/c1-5-13-22(14-6-1)26(23-15-7-2-8-16-23)21-27(24-17-9-3-10-18-24)25-19-11-4-12-20-25;/h1-21H;/q-1;. The van der Waals surface area contributed by atoms with Gasteiger partial charge in [0.25, 0.3) is 0 Å². The Labute approximate surface area is 184 Å². The third-order valence-corrected chi connectivity index (χ3v) is 9.63. The fourth-order valence-corrected chi connectivity index (χ4v) is 8.66. The Kier molecular flexibility index (Phi) is 8.16. The van der Waals surface area contributed by atoms with Crippen LogP contribution in [0.3, 0.4) is 0 Å². The van der Waals surface area contributed by atoms with Gasteiger partial charge in [-0.25, -0.2) is 0 Å². The zero-order valence-corrected chi connectivity index (χ0v) is 18.7. The van der Waals surface area contributed by atoms with Gasteiger partial charge in [0.1, 0.15) is 0 Å². The molecule has 0 saturated carbocycles. The molecule has 28 heavy (non-hydrogen) atoms. The minimum atomic E-state index is -0.534. The Morgan fingerprint density at radius 2 is 0.571 bits per heavy atom. The van der Waals surface area contributed by atoms with E-state index in [2.05, 4.69) is 127 Å². The van der Waals surface area contributed by atoms with Crippen molar-refractivity contribution in [1.82, 2.24) is 0 Å². The minimum absolute atomic E-state index is 0. The van der Waals surface area contributed by atoms with Gasteiger partial charge in [-0.05, 0) is 0 Å². The van der Waals surface area contributed by atoms with Crippen molar-refractivity contribution in [3.8, 4) is 0 Å². The Morgan fingerprint density at radius 1 is 0.357 bits per heavy atom. The van der Waals surface area contributed by atoms with Crippen molar-refractivity contribution < 1.29 is 20.4 Å². The van der Waals surface area contributed by atoms with Gasteiger partial charge in [-0.1, -0.05) is 143 Å². The maximum Gasteiger partial charge on any atom is 0 e. The smallest absolute Gasteiger partial charge is 0 e. The van der Waals surface area contributed by atoms with Crippen LogP contribution in [0.15, 0.2) is 121 Å². The van der Waals surface area contributed by atoms with Gasteiger partial charge in [-0.2, -0.15) is 15.8 Å². The third-order valence-electron chi connectivity index (χ3n) is 4.37. The molecule has 0 spiro atoms. The van der Waals surface area contributed by atoms with Gasteiger partial charge in [0.2, 0.25) is 0 Å². The zero-order valence-electron chi connectivity index (χ0n) is 15.3. The molecule has 0 bridgehead atoms. The van der Waals surface area contributed by atoms with Crippen LogP contribution in [-0.4, -0.2) is 0 Å². The van der Waals surface area contributed by atoms with E-state index in [-0.39, 0.29) is 20.4 Å². The summed E-state index contributed by atoms with van der Waals surface area (Å²) in [6, 6.07) is 43.7. The van der Waals surface area contributed by atoms with E-state index in [9.17, 15) is 0 Å². The summed E-state index contributed by atoms with van der Waals surface area (Å²) in [5, 5.41) is 5.60. The van der Waals surface area contributed by atoms with Crippen LogP contribution in [0.2, 0.25) is 0 Å². The predicted octanol–water partition coefficient (Wildman–Crippen LogP) is 5.37. The van der Waals surface area contributed by atoms with Gasteiger partial charge in [-0.15, -0.1) is 0 Å². The normalized spacial score (nSPS) is 10.6. The van der Waals surface area contributed by atoms with Crippen LogP contribution in [-0.2, 0) is 20.4 Å². The summed E-state index contributed by atoms with van der Waals surface area (Å²) >= 11 is 0. The number of benzene rings is 4. The van der Waals surface area contributed by atoms with E-state index in [1.807, 2.05) is 0 Å². The van der Waals surface area contributed by atoms with E-state index >= 15 is 0 Å². The molecule has 0 aromatic heterocycles. The minimum Gasteiger partial charge on any atom is -0.259 e. The second-order valence-corrected chi connectivity index (χ2v) is 10.7. The van der Waals surface area contributed by atoms with Crippen molar-refractivity contribution >= 4 is 37.1 Å². The first kappa shape index (κ1) is 21.1. The molecule has 0 aliphatic carbocycles. The second kappa shape index (κ2) is 10.8. The molecule has 0 amide bonds. The maximum atomic E-state index is 2.61. The zero-order chi connectivity index (χ0) is 18.3. The first-order valence-corrected chi connectivity index (χ1v) is 11.9. The summed E-state index contributed by atoms with van der Waals surface area (Å²) < 4.78 is 0. The molecule has 0 saturated heterocycles. The van der Waals surface area contributed by atoms with E-state index < -0.39 is 15.8 Å². The third kappa shape index (κ3) is 5.26. The molecule has 0 aliphatic heterocycles. The maximum absolute atomic E-state index is 2.61. The summed E-state index contributed by atoms with van der Waals surface area (Å²) in [6.45, 7) is 0. The summed E-state index contributed by atoms with van der Waals surface area (Å²) in [5.74, 6) is 2.61.